The summed E-state index contributed by atoms with van der Waals surface area (Å²) < 4.78 is 2.83. The molecule has 122 valence electrons. The SMILES string of the molecule is Cc1ccccc1Cn1cc(NC(=O)Cc2ccc(Br)cc2)cn1. The molecule has 24 heavy (non-hydrogen) atoms. The Hall–Kier alpha value is -2.40. The maximum Gasteiger partial charge on any atom is 0.228 e. The van der Waals surface area contributed by atoms with E-state index in [-0.39, 0.29) is 5.91 Å². The molecule has 1 amide bonds. The Morgan fingerprint density at radius 2 is 1.92 bits per heavy atom. The highest BCUT2D eigenvalue weighted by atomic mass is 79.9. The van der Waals surface area contributed by atoms with Crippen molar-refractivity contribution < 1.29 is 4.79 Å². The summed E-state index contributed by atoms with van der Waals surface area (Å²) in [7, 11) is 0. The number of halogens is 1. The lowest BCUT2D eigenvalue weighted by atomic mass is 10.1. The van der Waals surface area contributed by atoms with Gasteiger partial charge >= 0.3 is 0 Å². The summed E-state index contributed by atoms with van der Waals surface area (Å²) in [6.45, 7) is 2.77. The van der Waals surface area contributed by atoms with Crippen LogP contribution in [0.15, 0.2) is 65.4 Å². The summed E-state index contributed by atoms with van der Waals surface area (Å²) in [5, 5.41) is 7.21. The lowest BCUT2D eigenvalue weighted by molar-refractivity contribution is -0.115. The van der Waals surface area contributed by atoms with Gasteiger partial charge in [-0.3, -0.25) is 9.48 Å². The third-order valence-corrected chi connectivity index (χ3v) is 4.32. The van der Waals surface area contributed by atoms with E-state index in [1.165, 1.54) is 11.1 Å². The third kappa shape index (κ3) is 4.32. The molecular weight excluding hydrogens is 366 g/mol. The number of anilines is 1. The van der Waals surface area contributed by atoms with Crippen LogP contribution in [0.1, 0.15) is 16.7 Å². The molecule has 0 atom stereocenters. The van der Waals surface area contributed by atoms with Crippen molar-refractivity contribution in [2.45, 2.75) is 19.9 Å². The zero-order valence-electron chi connectivity index (χ0n) is 13.4. The molecule has 3 aromatic rings. The summed E-state index contributed by atoms with van der Waals surface area (Å²) in [5.74, 6) is -0.0484. The van der Waals surface area contributed by atoms with Gasteiger partial charge in [-0.1, -0.05) is 52.3 Å². The van der Waals surface area contributed by atoms with Crippen LogP contribution in [0.5, 0.6) is 0 Å². The minimum Gasteiger partial charge on any atom is -0.323 e. The highest BCUT2D eigenvalue weighted by molar-refractivity contribution is 9.10. The number of aromatic nitrogens is 2. The number of hydrogen-bond acceptors (Lipinski definition) is 2. The first-order chi connectivity index (χ1) is 11.6. The van der Waals surface area contributed by atoms with Crippen molar-refractivity contribution in [3.05, 3.63) is 82.1 Å². The minimum atomic E-state index is -0.0484. The molecule has 0 saturated heterocycles. The summed E-state index contributed by atoms with van der Waals surface area (Å²) in [4.78, 5) is 12.1. The van der Waals surface area contributed by atoms with Crippen molar-refractivity contribution in [1.82, 2.24) is 9.78 Å². The third-order valence-electron chi connectivity index (χ3n) is 3.79. The van der Waals surface area contributed by atoms with Gasteiger partial charge in [-0.2, -0.15) is 5.10 Å². The van der Waals surface area contributed by atoms with Gasteiger partial charge in [0.05, 0.1) is 24.8 Å². The first-order valence-electron chi connectivity index (χ1n) is 7.71. The van der Waals surface area contributed by atoms with Crippen LogP contribution in [0, 0.1) is 6.92 Å². The van der Waals surface area contributed by atoms with Gasteiger partial charge in [0.1, 0.15) is 0 Å². The molecule has 4 nitrogen and oxygen atoms in total. The van der Waals surface area contributed by atoms with E-state index >= 15 is 0 Å². The van der Waals surface area contributed by atoms with Gasteiger partial charge < -0.3 is 5.32 Å². The number of rotatable bonds is 5. The van der Waals surface area contributed by atoms with Crippen molar-refractivity contribution >= 4 is 27.5 Å². The summed E-state index contributed by atoms with van der Waals surface area (Å²) in [6, 6.07) is 16.0. The monoisotopic (exact) mass is 383 g/mol. The fourth-order valence-corrected chi connectivity index (χ4v) is 2.73. The van der Waals surface area contributed by atoms with Gasteiger partial charge in [-0.25, -0.2) is 0 Å². The van der Waals surface area contributed by atoms with Gasteiger partial charge in [-0.15, -0.1) is 0 Å². The Morgan fingerprint density at radius 1 is 1.17 bits per heavy atom. The van der Waals surface area contributed by atoms with E-state index < -0.39 is 0 Å². The Bertz CT molecular complexity index is 840. The first-order valence-corrected chi connectivity index (χ1v) is 8.51. The van der Waals surface area contributed by atoms with Crippen molar-refractivity contribution in [2.75, 3.05) is 5.32 Å². The molecule has 1 heterocycles. The van der Waals surface area contributed by atoms with Crippen molar-refractivity contribution in [3.8, 4) is 0 Å². The number of aryl methyl sites for hydroxylation is 1. The maximum atomic E-state index is 12.1. The van der Waals surface area contributed by atoms with Crippen molar-refractivity contribution in [3.63, 3.8) is 0 Å². The average Bonchev–Trinajstić information content (AvgIpc) is 2.99. The van der Waals surface area contributed by atoms with Crippen LogP contribution in [0.25, 0.3) is 0 Å². The molecule has 0 aliphatic carbocycles. The van der Waals surface area contributed by atoms with Gasteiger partial charge in [0.2, 0.25) is 5.91 Å². The lowest BCUT2D eigenvalue weighted by Gasteiger charge is -2.05. The molecule has 0 aliphatic rings. The molecule has 0 bridgehead atoms. The molecule has 3 rings (SSSR count). The van der Waals surface area contributed by atoms with E-state index in [0.29, 0.717) is 18.7 Å². The van der Waals surface area contributed by atoms with Gasteiger partial charge in [0.25, 0.3) is 0 Å². The zero-order chi connectivity index (χ0) is 16.9. The van der Waals surface area contributed by atoms with Crippen LogP contribution >= 0.6 is 15.9 Å². The molecule has 0 fully saturated rings. The summed E-state index contributed by atoms with van der Waals surface area (Å²) in [6.07, 6.45) is 3.87. The number of hydrogen-bond donors (Lipinski definition) is 1. The maximum absolute atomic E-state index is 12.1. The Labute approximate surface area is 149 Å². The number of amides is 1. The molecular formula is C19H18BrN3O. The first kappa shape index (κ1) is 16.5. The number of carbonyl (C=O) groups excluding carboxylic acids is 1. The van der Waals surface area contributed by atoms with E-state index in [9.17, 15) is 4.79 Å². The van der Waals surface area contributed by atoms with Crippen LogP contribution in [0.2, 0.25) is 0 Å². The number of benzene rings is 2. The molecule has 1 N–H and O–H groups in total. The predicted octanol–water partition coefficient (Wildman–Crippen LogP) is 4.18. The lowest BCUT2D eigenvalue weighted by Crippen LogP contribution is -2.13. The van der Waals surface area contributed by atoms with Gasteiger partial charge in [0, 0.05) is 10.7 Å². The van der Waals surface area contributed by atoms with Crippen LogP contribution in [0.4, 0.5) is 5.69 Å². The van der Waals surface area contributed by atoms with Gasteiger partial charge in [-0.05, 0) is 35.7 Å². The molecule has 2 aromatic carbocycles. The van der Waals surface area contributed by atoms with E-state index in [2.05, 4.69) is 45.4 Å². The van der Waals surface area contributed by atoms with Crippen LogP contribution in [-0.2, 0) is 17.8 Å². The van der Waals surface area contributed by atoms with Crippen molar-refractivity contribution in [2.24, 2.45) is 0 Å². The number of nitrogens with zero attached hydrogens (tertiary/aromatic N) is 2. The molecule has 1 aromatic heterocycles. The number of carbonyl (C=O) groups is 1. The highest BCUT2D eigenvalue weighted by Crippen LogP contribution is 2.13. The van der Waals surface area contributed by atoms with Crippen LogP contribution in [-0.4, -0.2) is 15.7 Å². The average molecular weight is 384 g/mol. The molecule has 0 saturated carbocycles. The second kappa shape index (κ2) is 7.45. The van der Waals surface area contributed by atoms with E-state index in [0.717, 1.165) is 10.0 Å². The van der Waals surface area contributed by atoms with E-state index in [4.69, 9.17) is 0 Å². The Kier molecular flexibility index (Phi) is 5.11. The summed E-state index contributed by atoms with van der Waals surface area (Å²) in [5.41, 5.74) is 4.14. The topological polar surface area (TPSA) is 46.9 Å². The second-order valence-electron chi connectivity index (χ2n) is 5.70. The standard InChI is InChI=1S/C19H18BrN3O/c1-14-4-2-3-5-16(14)12-23-13-18(11-21-23)22-19(24)10-15-6-8-17(20)9-7-15/h2-9,11,13H,10,12H2,1H3,(H,22,24). The Morgan fingerprint density at radius 3 is 2.67 bits per heavy atom. The zero-order valence-corrected chi connectivity index (χ0v) is 15.0. The second-order valence-corrected chi connectivity index (χ2v) is 6.62. The quantitative estimate of drug-likeness (QED) is 0.717. The van der Waals surface area contributed by atoms with Crippen molar-refractivity contribution in [1.29, 1.82) is 0 Å². The molecule has 0 spiro atoms. The normalized spacial score (nSPS) is 10.6. The van der Waals surface area contributed by atoms with Gasteiger partial charge in [0.15, 0.2) is 0 Å². The molecule has 5 heteroatoms. The summed E-state index contributed by atoms with van der Waals surface area (Å²) >= 11 is 3.39. The molecule has 0 aliphatic heterocycles. The number of nitrogens with one attached hydrogen (secondary N) is 1. The van der Waals surface area contributed by atoms with E-state index in [1.54, 1.807) is 6.20 Å². The Balaban J connectivity index is 1.60. The molecule has 0 unspecified atom stereocenters. The minimum absolute atomic E-state index is 0.0484. The van der Waals surface area contributed by atoms with Crippen LogP contribution in [0.3, 0.4) is 0 Å². The largest absolute Gasteiger partial charge is 0.323 e. The smallest absolute Gasteiger partial charge is 0.228 e. The fraction of sp³-hybridized carbons (Fsp3) is 0.158. The van der Waals surface area contributed by atoms with E-state index in [1.807, 2.05) is 47.3 Å². The predicted molar refractivity (Wildman–Crippen MR) is 99.0 cm³/mol. The fourth-order valence-electron chi connectivity index (χ4n) is 2.47. The van der Waals surface area contributed by atoms with Crippen LogP contribution < -0.4 is 5.32 Å². The molecule has 0 radical (unpaired) electrons. The highest BCUT2D eigenvalue weighted by Gasteiger charge is 2.07.